The summed E-state index contributed by atoms with van der Waals surface area (Å²) in [5.74, 6) is 0.561. The Hall–Kier alpha value is -0.460. The van der Waals surface area contributed by atoms with Crippen molar-refractivity contribution in [3.63, 3.8) is 0 Å². The molecule has 104 valence electrons. The molecule has 0 aromatic carbocycles. The molecule has 0 heterocycles. The zero-order chi connectivity index (χ0) is 13.6. The summed E-state index contributed by atoms with van der Waals surface area (Å²) in [5, 5.41) is 0. The molecule has 0 spiro atoms. The van der Waals surface area contributed by atoms with Crippen LogP contribution < -0.4 is 5.73 Å². The van der Waals surface area contributed by atoms with E-state index in [2.05, 4.69) is 16.8 Å². The average Bonchev–Trinajstić information content (AvgIpc) is 2.70. The summed E-state index contributed by atoms with van der Waals surface area (Å²) in [5.41, 5.74) is 5.65. The van der Waals surface area contributed by atoms with Crippen molar-refractivity contribution in [3.8, 4) is 0 Å². The van der Waals surface area contributed by atoms with Gasteiger partial charge in [-0.3, -0.25) is 4.99 Å². The number of hydrogen-bond acceptors (Lipinski definition) is 5. The highest BCUT2D eigenvalue weighted by atomic mass is 32.5. The lowest BCUT2D eigenvalue weighted by molar-refractivity contribution is 0.111. The summed E-state index contributed by atoms with van der Waals surface area (Å²) in [6.45, 7) is -3.29. The van der Waals surface area contributed by atoms with Crippen LogP contribution >= 0.6 is 6.72 Å². The van der Waals surface area contributed by atoms with Crippen molar-refractivity contribution < 1.29 is 19.0 Å². The average molecular weight is 294 g/mol. The van der Waals surface area contributed by atoms with E-state index in [0.717, 1.165) is 19.3 Å². The fraction of sp³-hybridized carbons (Fsp3) is 0.700. The maximum atomic E-state index is 8.97. The Labute approximate surface area is 112 Å². The first-order valence-electron chi connectivity index (χ1n) is 5.65. The molecule has 1 saturated carbocycles. The number of hydrogen-bond donors (Lipinski definition) is 3. The maximum absolute atomic E-state index is 8.97. The molecular weight excluding hydrogens is 275 g/mol. The zero-order valence-corrected chi connectivity index (χ0v) is 11.9. The summed E-state index contributed by atoms with van der Waals surface area (Å²) in [4.78, 5) is 21.7. The number of aliphatic imine (C=N–C) groups is 1. The molecule has 1 rings (SSSR count). The monoisotopic (exact) mass is 294 g/mol. The van der Waals surface area contributed by atoms with Crippen LogP contribution in [0.1, 0.15) is 19.3 Å². The lowest BCUT2D eigenvalue weighted by Crippen LogP contribution is -2.14. The van der Waals surface area contributed by atoms with Crippen LogP contribution in [0.4, 0.5) is 0 Å². The van der Waals surface area contributed by atoms with E-state index in [-0.39, 0.29) is 18.6 Å². The standard InChI is InChI=1S/C10H19N2O4PS/c1-12-5-4-10(11)16-9-3-2-8(6-9)7-15-17(13,14)18/h4-5,8-9H,2-3,6-7,11H2,1H3,(H2,13,14,18)/t8-,9+/m1/s1. The normalized spacial score (nSPS) is 25.8. The highest BCUT2D eigenvalue weighted by Gasteiger charge is 2.27. The van der Waals surface area contributed by atoms with E-state index >= 15 is 0 Å². The van der Waals surface area contributed by atoms with Gasteiger partial charge in [0.1, 0.15) is 6.10 Å². The predicted molar refractivity (Wildman–Crippen MR) is 73.6 cm³/mol. The third kappa shape index (κ3) is 6.47. The molecule has 0 unspecified atom stereocenters. The van der Waals surface area contributed by atoms with Gasteiger partial charge in [0.2, 0.25) is 0 Å². The van der Waals surface area contributed by atoms with E-state index in [0.29, 0.717) is 5.88 Å². The minimum absolute atomic E-state index is 0.0374. The van der Waals surface area contributed by atoms with Crippen LogP contribution in [0, 0.1) is 5.92 Å². The minimum Gasteiger partial charge on any atom is -0.476 e. The number of ether oxygens (including phenoxy) is 1. The first kappa shape index (κ1) is 15.6. The summed E-state index contributed by atoms with van der Waals surface area (Å²) < 4.78 is 10.4. The highest BCUT2D eigenvalue weighted by Crippen LogP contribution is 2.39. The summed E-state index contributed by atoms with van der Waals surface area (Å²) in [7, 11) is 1.65. The number of nitrogens with zero attached hydrogens (tertiary/aromatic N) is 1. The van der Waals surface area contributed by atoms with Gasteiger partial charge < -0.3 is 24.8 Å². The molecule has 0 aromatic rings. The van der Waals surface area contributed by atoms with Gasteiger partial charge in [-0.2, -0.15) is 0 Å². The molecule has 8 heteroatoms. The predicted octanol–water partition coefficient (Wildman–Crippen LogP) is 0.898. The van der Waals surface area contributed by atoms with Gasteiger partial charge in [-0.1, -0.05) is 0 Å². The number of nitrogens with two attached hydrogens (primary N) is 1. The fourth-order valence-electron chi connectivity index (χ4n) is 1.87. The molecule has 0 aliphatic heterocycles. The SMILES string of the molecule is CN=CC=C(N)O[C@H]1CC[C@@H](COP(O)(O)=S)C1. The lowest BCUT2D eigenvalue weighted by atomic mass is 10.1. The van der Waals surface area contributed by atoms with E-state index < -0.39 is 6.72 Å². The molecule has 18 heavy (non-hydrogen) atoms. The van der Waals surface area contributed by atoms with Gasteiger partial charge >= 0.3 is 6.72 Å². The van der Waals surface area contributed by atoms with E-state index in [9.17, 15) is 0 Å². The molecule has 0 radical (unpaired) electrons. The second kappa shape index (κ2) is 7.21. The molecule has 1 fully saturated rings. The summed E-state index contributed by atoms with van der Waals surface area (Å²) in [6, 6.07) is 0. The molecule has 1 aliphatic carbocycles. The van der Waals surface area contributed by atoms with Gasteiger partial charge in [-0.25, -0.2) is 0 Å². The molecule has 6 nitrogen and oxygen atoms in total. The Morgan fingerprint density at radius 2 is 2.28 bits per heavy atom. The van der Waals surface area contributed by atoms with E-state index in [4.69, 9.17) is 24.8 Å². The third-order valence-corrected chi connectivity index (χ3v) is 3.46. The van der Waals surface area contributed by atoms with Crippen molar-refractivity contribution >= 4 is 24.7 Å². The molecule has 0 bridgehead atoms. The molecule has 0 amide bonds. The fourth-order valence-corrected chi connectivity index (χ4v) is 2.46. The van der Waals surface area contributed by atoms with E-state index in [1.807, 2.05) is 0 Å². The van der Waals surface area contributed by atoms with E-state index in [1.54, 1.807) is 19.3 Å². The summed E-state index contributed by atoms with van der Waals surface area (Å²) >= 11 is 4.39. The number of allylic oxidation sites excluding steroid dienone is 1. The highest BCUT2D eigenvalue weighted by molar-refractivity contribution is 8.06. The van der Waals surface area contributed by atoms with Gasteiger partial charge in [0.05, 0.1) is 6.61 Å². The van der Waals surface area contributed by atoms with Crippen LogP contribution in [0.15, 0.2) is 17.0 Å². The van der Waals surface area contributed by atoms with Crippen molar-refractivity contribution in [1.82, 2.24) is 0 Å². The van der Waals surface area contributed by atoms with Gasteiger partial charge in [-0.05, 0) is 37.0 Å². The first-order chi connectivity index (χ1) is 8.40. The first-order valence-corrected chi connectivity index (χ1v) is 8.28. The van der Waals surface area contributed by atoms with Crippen molar-refractivity contribution in [2.24, 2.45) is 16.6 Å². The second-order valence-corrected chi connectivity index (χ2v) is 6.85. The second-order valence-electron chi connectivity index (χ2n) is 4.18. The van der Waals surface area contributed by atoms with Gasteiger partial charge in [0.15, 0.2) is 5.88 Å². The van der Waals surface area contributed by atoms with Gasteiger partial charge in [-0.15, -0.1) is 0 Å². The van der Waals surface area contributed by atoms with Crippen molar-refractivity contribution in [2.45, 2.75) is 25.4 Å². The van der Waals surface area contributed by atoms with E-state index in [1.165, 1.54) is 0 Å². The number of rotatable bonds is 6. The third-order valence-electron chi connectivity index (χ3n) is 2.66. The van der Waals surface area contributed by atoms with Gasteiger partial charge in [0, 0.05) is 19.3 Å². The topological polar surface area (TPSA) is 97.3 Å². The molecule has 2 atom stereocenters. The molecule has 0 saturated heterocycles. The Kier molecular flexibility index (Phi) is 6.25. The lowest BCUT2D eigenvalue weighted by Gasteiger charge is -2.15. The molecule has 4 N–H and O–H groups in total. The quantitative estimate of drug-likeness (QED) is 0.382. The Morgan fingerprint density at radius 3 is 2.89 bits per heavy atom. The maximum Gasteiger partial charge on any atom is 0.321 e. The minimum atomic E-state index is -3.54. The van der Waals surface area contributed by atoms with Crippen molar-refractivity contribution in [3.05, 3.63) is 12.0 Å². The van der Waals surface area contributed by atoms with Crippen LogP contribution in [0.25, 0.3) is 0 Å². The van der Waals surface area contributed by atoms with Crippen LogP contribution in [-0.2, 0) is 21.1 Å². The smallest absolute Gasteiger partial charge is 0.321 e. The Bertz CT molecular complexity index is 369. The summed E-state index contributed by atoms with van der Waals surface area (Å²) in [6.07, 6.45) is 5.74. The molecule has 0 aromatic heterocycles. The van der Waals surface area contributed by atoms with Crippen LogP contribution in [-0.4, -0.2) is 35.8 Å². The molecule has 1 aliphatic rings. The largest absolute Gasteiger partial charge is 0.476 e. The Morgan fingerprint density at radius 1 is 1.56 bits per heavy atom. The van der Waals surface area contributed by atoms with Crippen LogP contribution in [0.3, 0.4) is 0 Å². The van der Waals surface area contributed by atoms with Crippen LogP contribution in [0.2, 0.25) is 0 Å². The molecular formula is C10H19N2O4PS. The van der Waals surface area contributed by atoms with Crippen molar-refractivity contribution in [1.29, 1.82) is 0 Å². The van der Waals surface area contributed by atoms with Crippen LogP contribution in [0.5, 0.6) is 0 Å². The zero-order valence-electron chi connectivity index (χ0n) is 10.2. The van der Waals surface area contributed by atoms with Crippen molar-refractivity contribution in [2.75, 3.05) is 13.7 Å². The van der Waals surface area contributed by atoms with Gasteiger partial charge in [0.25, 0.3) is 0 Å². The Balaban J connectivity index is 2.31.